The number of carbonyl (C=O) groups is 2. The Morgan fingerprint density at radius 3 is 2.47 bits per heavy atom. The number of hydrogen-bond donors (Lipinski definition) is 1. The van der Waals surface area contributed by atoms with Crippen molar-refractivity contribution in [2.45, 2.75) is 0 Å². The lowest BCUT2D eigenvalue weighted by atomic mass is 10.2. The molecule has 0 spiro atoms. The van der Waals surface area contributed by atoms with Crippen LogP contribution in [0.4, 0.5) is 0 Å². The van der Waals surface area contributed by atoms with Crippen molar-refractivity contribution < 1.29 is 14.7 Å². The molecule has 2 rings (SSSR count). The van der Waals surface area contributed by atoms with E-state index in [4.69, 9.17) is 5.11 Å². The molecule has 0 saturated carbocycles. The predicted molar refractivity (Wildman–Crippen MR) is 55.4 cm³/mol. The lowest BCUT2D eigenvalue weighted by Gasteiger charge is -2.01. The highest BCUT2D eigenvalue weighted by molar-refractivity contribution is 5.95. The zero-order valence-corrected chi connectivity index (χ0v) is 8.44. The van der Waals surface area contributed by atoms with E-state index in [0.29, 0.717) is 6.29 Å². The van der Waals surface area contributed by atoms with Crippen LogP contribution in [0.2, 0.25) is 0 Å². The van der Waals surface area contributed by atoms with Crippen LogP contribution in [-0.2, 0) is 0 Å². The predicted octanol–water partition coefficient (Wildman–Crippen LogP) is 0.444. The Balaban J connectivity index is 2.55. The third kappa shape index (κ3) is 2.12. The van der Waals surface area contributed by atoms with E-state index < -0.39 is 5.97 Å². The second kappa shape index (κ2) is 4.44. The maximum Gasteiger partial charge on any atom is 0.355 e. The summed E-state index contributed by atoms with van der Waals surface area (Å²) in [4.78, 5) is 36.8. The molecule has 0 aliphatic heterocycles. The van der Waals surface area contributed by atoms with E-state index in [1.807, 2.05) is 0 Å². The van der Waals surface area contributed by atoms with Gasteiger partial charge in [0, 0.05) is 18.6 Å². The van der Waals surface area contributed by atoms with E-state index in [2.05, 4.69) is 19.9 Å². The molecular weight excluding hydrogens is 224 g/mol. The fourth-order valence-corrected chi connectivity index (χ4v) is 1.17. The first-order valence-electron chi connectivity index (χ1n) is 4.55. The van der Waals surface area contributed by atoms with Gasteiger partial charge in [-0.3, -0.25) is 4.79 Å². The number of nitrogens with zero attached hydrogens (tertiary/aromatic N) is 4. The zero-order chi connectivity index (χ0) is 12.3. The molecule has 0 radical (unpaired) electrons. The molecule has 0 aliphatic rings. The number of hydrogen-bond acceptors (Lipinski definition) is 6. The molecule has 0 fully saturated rings. The van der Waals surface area contributed by atoms with Crippen LogP contribution < -0.4 is 0 Å². The van der Waals surface area contributed by atoms with Crippen LogP contribution in [0, 0.1) is 0 Å². The summed E-state index contributed by atoms with van der Waals surface area (Å²) in [7, 11) is 0. The second-order valence-electron chi connectivity index (χ2n) is 2.99. The average molecular weight is 230 g/mol. The Morgan fingerprint density at radius 2 is 1.88 bits per heavy atom. The first-order valence-corrected chi connectivity index (χ1v) is 4.55. The van der Waals surface area contributed by atoms with Gasteiger partial charge in [-0.25, -0.2) is 24.7 Å². The van der Waals surface area contributed by atoms with Gasteiger partial charge in [0.15, 0.2) is 23.6 Å². The molecule has 0 bridgehead atoms. The maximum absolute atomic E-state index is 10.9. The first-order chi connectivity index (χ1) is 8.22. The number of carboxylic acids is 1. The minimum absolute atomic E-state index is 0.0635. The van der Waals surface area contributed by atoms with Crippen molar-refractivity contribution in [3.05, 3.63) is 35.9 Å². The lowest BCUT2D eigenvalue weighted by molar-refractivity contribution is 0.0687. The van der Waals surface area contributed by atoms with E-state index in [0.717, 1.165) is 6.20 Å². The monoisotopic (exact) mass is 230 g/mol. The molecule has 0 unspecified atom stereocenters. The van der Waals surface area contributed by atoms with Crippen LogP contribution in [0.25, 0.3) is 11.6 Å². The molecule has 7 heteroatoms. The van der Waals surface area contributed by atoms with E-state index in [1.165, 1.54) is 12.4 Å². The molecule has 2 heterocycles. The molecule has 2 aromatic heterocycles. The lowest BCUT2D eigenvalue weighted by Crippen LogP contribution is -2.08. The van der Waals surface area contributed by atoms with Crippen LogP contribution in [0.5, 0.6) is 0 Å². The highest BCUT2D eigenvalue weighted by atomic mass is 16.4. The van der Waals surface area contributed by atoms with Crippen LogP contribution in [-0.4, -0.2) is 37.3 Å². The average Bonchev–Trinajstić information content (AvgIpc) is 2.39. The molecule has 0 aromatic carbocycles. The smallest absolute Gasteiger partial charge is 0.355 e. The number of carboxylic acid groups (broad SMARTS) is 1. The third-order valence-electron chi connectivity index (χ3n) is 1.91. The molecule has 1 N–H and O–H groups in total. The van der Waals surface area contributed by atoms with Gasteiger partial charge < -0.3 is 5.11 Å². The topological polar surface area (TPSA) is 106 Å². The molecule has 0 atom stereocenters. The van der Waals surface area contributed by atoms with E-state index in [1.54, 1.807) is 6.07 Å². The van der Waals surface area contributed by atoms with Crippen LogP contribution >= 0.6 is 0 Å². The van der Waals surface area contributed by atoms with Crippen LogP contribution in [0.15, 0.2) is 24.7 Å². The number of rotatable bonds is 3. The minimum atomic E-state index is -1.30. The molecule has 0 aliphatic carbocycles. The fraction of sp³-hybridized carbons (Fsp3) is 0. The van der Waals surface area contributed by atoms with Gasteiger partial charge in [-0.1, -0.05) is 0 Å². The Bertz CT molecular complexity index is 571. The largest absolute Gasteiger partial charge is 0.476 e. The summed E-state index contributed by atoms with van der Waals surface area (Å²) < 4.78 is 0. The Morgan fingerprint density at radius 1 is 1.18 bits per heavy atom. The van der Waals surface area contributed by atoms with Crippen molar-refractivity contribution in [2.24, 2.45) is 0 Å². The zero-order valence-electron chi connectivity index (χ0n) is 8.44. The van der Waals surface area contributed by atoms with Crippen LogP contribution in [0.3, 0.4) is 0 Å². The first kappa shape index (κ1) is 10.8. The quantitative estimate of drug-likeness (QED) is 0.762. The summed E-state index contributed by atoms with van der Waals surface area (Å²) in [5, 5.41) is 8.88. The van der Waals surface area contributed by atoms with Crippen molar-refractivity contribution in [3.63, 3.8) is 0 Å². The summed E-state index contributed by atoms with van der Waals surface area (Å²) in [6.45, 7) is 0. The molecule has 84 valence electrons. The Kier molecular flexibility index (Phi) is 2.82. The summed E-state index contributed by atoms with van der Waals surface area (Å²) in [6.07, 6.45) is 4.49. The van der Waals surface area contributed by atoms with Crippen molar-refractivity contribution in [1.82, 2.24) is 19.9 Å². The molecule has 0 amide bonds. The highest BCUT2D eigenvalue weighted by Gasteiger charge is 2.15. The van der Waals surface area contributed by atoms with Crippen LogP contribution in [0.1, 0.15) is 20.8 Å². The van der Waals surface area contributed by atoms with Crippen molar-refractivity contribution in [3.8, 4) is 11.6 Å². The van der Waals surface area contributed by atoms with Gasteiger partial charge in [0.05, 0.1) is 5.56 Å². The molecule has 0 saturated heterocycles. The standard InChI is InChI=1S/C10H6N4O3/c15-5-6-4-13-9(14-7(6)10(16)17)8-11-2-1-3-12-8/h1-5H,(H,16,17). The number of aromatic nitrogens is 4. The fourth-order valence-electron chi connectivity index (χ4n) is 1.17. The Labute approximate surface area is 95.2 Å². The minimum Gasteiger partial charge on any atom is -0.476 e. The Hall–Kier alpha value is -2.70. The molecule has 7 nitrogen and oxygen atoms in total. The van der Waals surface area contributed by atoms with E-state index in [9.17, 15) is 9.59 Å². The van der Waals surface area contributed by atoms with E-state index in [-0.39, 0.29) is 22.9 Å². The number of aromatic carboxylic acids is 1. The maximum atomic E-state index is 10.9. The van der Waals surface area contributed by atoms with E-state index >= 15 is 0 Å². The number of carbonyl (C=O) groups excluding carboxylic acids is 1. The highest BCUT2D eigenvalue weighted by Crippen LogP contribution is 2.10. The van der Waals surface area contributed by atoms with Crippen molar-refractivity contribution >= 4 is 12.3 Å². The third-order valence-corrected chi connectivity index (χ3v) is 1.91. The van der Waals surface area contributed by atoms with Crippen molar-refractivity contribution in [1.29, 1.82) is 0 Å². The molecule has 17 heavy (non-hydrogen) atoms. The SMILES string of the molecule is O=Cc1cnc(-c2ncccn2)nc1C(=O)O. The van der Waals surface area contributed by atoms with Gasteiger partial charge in [-0.15, -0.1) is 0 Å². The van der Waals surface area contributed by atoms with Crippen molar-refractivity contribution in [2.75, 3.05) is 0 Å². The normalized spacial score (nSPS) is 9.88. The van der Waals surface area contributed by atoms with Gasteiger partial charge in [0.25, 0.3) is 0 Å². The van der Waals surface area contributed by atoms with Gasteiger partial charge in [-0.05, 0) is 6.07 Å². The summed E-state index contributed by atoms with van der Waals surface area (Å²) in [5.41, 5.74) is -0.449. The van der Waals surface area contributed by atoms with Gasteiger partial charge in [-0.2, -0.15) is 0 Å². The van der Waals surface area contributed by atoms with Gasteiger partial charge >= 0.3 is 5.97 Å². The number of aldehydes is 1. The summed E-state index contributed by atoms with van der Waals surface area (Å²) in [5.74, 6) is -1.03. The molecular formula is C10H6N4O3. The van der Waals surface area contributed by atoms with Gasteiger partial charge in [0.2, 0.25) is 0 Å². The summed E-state index contributed by atoms with van der Waals surface area (Å²) >= 11 is 0. The molecule has 2 aromatic rings. The van der Waals surface area contributed by atoms with Gasteiger partial charge in [0.1, 0.15) is 0 Å². The summed E-state index contributed by atoms with van der Waals surface area (Å²) in [6, 6.07) is 1.61. The second-order valence-corrected chi connectivity index (χ2v) is 2.99.